The van der Waals surface area contributed by atoms with E-state index in [-0.39, 0.29) is 37.4 Å². The van der Waals surface area contributed by atoms with E-state index in [1.165, 1.54) is 4.90 Å². The summed E-state index contributed by atoms with van der Waals surface area (Å²) >= 11 is 5.86. The van der Waals surface area contributed by atoms with Crippen LogP contribution in [-0.2, 0) is 9.59 Å². The minimum atomic E-state index is -0.318. The molecule has 8 nitrogen and oxygen atoms in total. The molecule has 0 spiro atoms. The fraction of sp³-hybridized carbons (Fsp3) is 0.348. The molecule has 0 radical (unpaired) electrons. The lowest BCUT2D eigenvalue weighted by atomic mass is 10.1. The van der Waals surface area contributed by atoms with E-state index in [0.29, 0.717) is 40.9 Å². The minimum Gasteiger partial charge on any atom is -0.485 e. The van der Waals surface area contributed by atoms with Gasteiger partial charge in [-0.3, -0.25) is 19.3 Å². The molecule has 0 atom stereocenters. The summed E-state index contributed by atoms with van der Waals surface area (Å²) in [5.74, 6) is 0.291. The standard InChI is InChI=1S/C23H24ClN3O5/c1-25-8-10-26(11-9-25)22(29)13-27-19-12-16(2-7-21(19)32-15-23(27)30)20(28)14-31-18-5-3-17(24)4-6-18/h2-7,12H,8-11,13-15H2,1H3. The number of nitrogens with zero attached hydrogens (tertiary/aromatic N) is 3. The van der Waals surface area contributed by atoms with Gasteiger partial charge in [-0.1, -0.05) is 11.6 Å². The summed E-state index contributed by atoms with van der Waals surface area (Å²) in [6, 6.07) is 11.6. The van der Waals surface area contributed by atoms with Crippen LogP contribution in [0.15, 0.2) is 42.5 Å². The van der Waals surface area contributed by atoms with Crippen molar-refractivity contribution in [2.24, 2.45) is 0 Å². The molecule has 4 rings (SSSR count). The second-order valence-corrected chi connectivity index (χ2v) is 8.24. The van der Waals surface area contributed by atoms with Crippen LogP contribution in [0, 0.1) is 0 Å². The normalized spacial score (nSPS) is 16.4. The number of piperazine rings is 1. The van der Waals surface area contributed by atoms with Gasteiger partial charge in [0.05, 0.1) is 5.69 Å². The maximum atomic E-state index is 12.8. The lowest BCUT2D eigenvalue weighted by Crippen LogP contribution is -2.52. The summed E-state index contributed by atoms with van der Waals surface area (Å²) < 4.78 is 11.0. The van der Waals surface area contributed by atoms with Crippen LogP contribution >= 0.6 is 11.6 Å². The molecule has 0 N–H and O–H groups in total. The Hall–Kier alpha value is -3.10. The third-order valence-corrected chi connectivity index (χ3v) is 5.81. The summed E-state index contributed by atoms with van der Waals surface area (Å²) in [5, 5.41) is 0.578. The number of fused-ring (bicyclic) bond motifs is 1. The van der Waals surface area contributed by atoms with Crippen LogP contribution in [0.1, 0.15) is 10.4 Å². The number of Topliss-reactive ketones (excluding diaryl/α,β-unsaturated/α-hetero) is 1. The number of likely N-dealkylation sites (N-methyl/N-ethyl adjacent to an activating group) is 1. The predicted octanol–water partition coefficient (Wildman–Crippen LogP) is 2.10. The van der Waals surface area contributed by atoms with Gasteiger partial charge in [-0.2, -0.15) is 0 Å². The Labute approximate surface area is 191 Å². The first-order valence-corrected chi connectivity index (χ1v) is 10.7. The lowest BCUT2D eigenvalue weighted by molar-refractivity contribution is -0.133. The quantitative estimate of drug-likeness (QED) is 0.618. The highest BCUT2D eigenvalue weighted by molar-refractivity contribution is 6.30. The Bertz CT molecular complexity index is 1020. The van der Waals surface area contributed by atoms with Crippen LogP contribution in [0.5, 0.6) is 11.5 Å². The molecule has 0 aliphatic carbocycles. The third kappa shape index (κ3) is 5.03. The van der Waals surface area contributed by atoms with Crippen molar-refractivity contribution < 1.29 is 23.9 Å². The fourth-order valence-electron chi connectivity index (χ4n) is 3.60. The van der Waals surface area contributed by atoms with Crippen molar-refractivity contribution in [1.82, 2.24) is 9.80 Å². The summed E-state index contributed by atoms with van der Waals surface area (Å²) in [6.45, 7) is 2.45. The zero-order valence-corrected chi connectivity index (χ0v) is 18.5. The van der Waals surface area contributed by atoms with Crippen LogP contribution in [-0.4, -0.2) is 80.4 Å². The number of anilines is 1. The molecule has 2 aromatic rings. The smallest absolute Gasteiger partial charge is 0.265 e. The second-order valence-electron chi connectivity index (χ2n) is 7.80. The van der Waals surface area contributed by atoms with Gasteiger partial charge in [-0.25, -0.2) is 0 Å². The SMILES string of the molecule is CN1CCN(C(=O)CN2C(=O)COc3ccc(C(=O)COc4ccc(Cl)cc4)cc32)CC1. The van der Waals surface area contributed by atoms with E-state index >= 15 is 0 Å². The number of carbonyl (C=O) groups is 3. The van der Waals surface area contributed by atoms with Crippen LogP contribution in [0.4, 0.5) is 5.69 Å². The molecular weight excluding hydrogens is 434 g/mol. The molecule has 2 heterocycles. The molecule has 0 unspecified atom stereocenters. The third-order valence-electron chi connectivity index (χ3n) is 5.56. The number of hydrogen-bond donors (Lipinski definition) is 0. The van der Waals surface area contributed by atoms with Crippen molar-refractivity contribution >= 4 is 34.9 Å². The summed E-state index contributed by atoms with van der Waals surface area (Å²) in [5.41, 5.74) is 0.786. The number of benzene rings is 2. The predicted molar refractivity (Wildman–Crippen MR) is 120 cm³/mol. The van der Waals surface area contributed by atoms with E-state index < -0.39 is 0 Å². The topological polar surface area (TPSA) is 79.4 Å². The average molecular weight is 458 g/mol. The molecular formula is C23H24ClN3O5. The van der Waals surface area contributed by atoms with E-state index in [9.17, 15) is 14.4 Å². The van der Waals surface area contributed by atoms with Crippen molar-refractivity contribution in [1.29, 1.82) is 0 Å². The van der Waals surface area contributed by atoms with Crippen molar-refractivity contribution in [3.63, 3.8) is 0 Å². The average Bonchev–Trinajstić information content (AvgIpc) is 2.80. The second kappa shape index (κ2) is 9.58. The molecule has 2 aliphatic heterocycles. The number of ether oxygens (including phenoxy) is 2. The number of carbonyl (C=O) groups excluding carboxylic acids is 3. The van der Waals surface area contributed by atoms with Crippen molar-refractivity contribution in [3.8, 4) is 11.5 Å². The van der Waals surface area contributed by atoms with E-state index in [1.807, 2.05) is 7.05 Å². The summed E-state index contributed by atoms with van der Waals surface area (Å²) in [4.78, 5) is 43.4. The molecule has 1 fully saturated rings. The largest absolute Gasteiger partial charge is 0.485 e. The zero-order chi connectivity index (χ0) is 22.7. The first kappa shape index (κ1) is 22.1. The van der Waals surface area contributed by atoms with E-state index in [0.717, 1.165) is 13.1 Å². The molecule has 1 saturated heterocycles. The fourth-order valence-corrected chi connectivity index (χ4v) is 3.73. The number of amides is 2. The molecule has 0 aromatic heterocycles. The summed E-state index contributed by atoms with van der Waals surface area (Å²) in [7, 11) is 2.01. The maximum absolute atomic E-state index is 12.8. The number of ketones is 1. The van der Waals surface area contributed by atoms with Crippen LogP contribution < -0.4 is 14.4 Å². The lowest BCUT2D eigenvalue weighted by Gasteiger charge is -2.35. The van der Waals surface area contributed by atoms with Crippen molar-refractivity contribution in [2.75, 3.05) is 57.9 Å². The van der Waals surface area contributed by atoms with E-state index in [2.05, 4.69) is 4.90 Å². The van der Waals surface area contributed by atoms with Gasteiger partial charge in [-0.15, -0.1) is 0 Å². The molecule has 2 aliphatic rings. The van der Waals surface area contributed by atoms with Crippen molar-refractivity contribution in [3.05, 3.63) is 53.1 Å². The van der Waals surface area contributed by atoms with Gasteiger partial charge in [0.1, 0.15) is 18.0 Å². The maximum Gasteiger partial charge on any atom is 0.265 e. The number of hydrogen-bond acceptors (Lipinski definition) is 6. The van der Waals surface area contributed by atoms with Gasteiger partial charge >= 0.3 is 0 Å². The molecule has 0 saturated carbocycles. The molecule has 9 heteroatoms. The Morgan fingerprint density at radius 1 is 1.06 bits per heavy atom. The molecule has 0 bridgehead atoms. The van der Waals surface area contributed by atoms with Gasteiger partial charge in [0.25, 0.3) is 5.91 Å². The number of rotatable bonds is 6. The van der Waals surface area contributed by atoms with Crippen molar-refractivity contribution in [2.45, 2.75) is 0 Å². The molecule has 32 heavy (non-hydrogen) atoms. The molecule has 2 aromatic carbocycles. The van der Waals surface area contributed by atoms with Gasteiger partial charge in [-0.05, 0) is 49.5 Å². The zero-order valence-electron chi connectivity index (χ0n) is 17.8. The Morgan fingerprint density at radius 3 is 2.50 bits per heavy atom. The van der Waals surface area contributed by atoms with Gasteiger partial charge in [0.15, 0.2) is 19.0 Å². The molecule has 2 amide bonds. The highest BCUT2D eigenvalue weighted by Gasteiger charge is 2.30. The van der Waals surface area contributed by atoms with Crippen LogP contribution in [0.25, 0.3) is 0 Å². The minimum absolute atomic E-state index is 0.0855. The number of halogens is 1. The van der Waals surface area contributed by atoms with Gasteiger partial charge < -0.3 is 19.3 Å². The Morgan fingerprint density at radius 2 is 1.78 bits per heavy atom. The van der Waals surface area contributed by atoms with Crippen LogP contribution in [0.3, 0.4) is 0 Å². The highest BCUT2D eigenvalue weighted by Crippen LogP contribution is 2.33. The highest BCUT2D eigenvalue weighted by atomic mass is 35.5. The first-order chi connectivity index (χ1) is 15.4. The Balaban J connectivity index is 1.47. The van der Waals surface area contributed by atoms with Crippen LogP contribution in [0.2, 0.25) is 5.02 Å². The van der Waals surface area contributed by atoms with E-state index in [1.54, 1.807) is 47.4 Å². The van der Waals surface area contributed by atoms with Gasteiger partial charge in [0, 0.05) is 36.8 Å². The first-order valence-electron chi connectivity index (χ1n) is 10.4. The van der Waals surface area contributed by atoms with E-state index in [4.69, 9.17) is 21.1 Å². The van der Waals surface area contributed by atoms with Gasteiger partial charge in [0.2, 0.25) is 5.91 Å². The molecule has 168 valence electrons. The summed E-state index contributed by atoms with van der Waals surface area (Å²) in [6.07, 6.45) is 0. The monoisotopic (exact) mass is 457 g/mol. The Kier molecular flexibility index (Phi) is 6.62.